The normalized spacial score (nSPS) is 25.4. The Bertz CT molecular complexity index is 680. The van der Waals surface area contributed by atoms with Gasteiger partial charge in [-0.3, -0.25) is 0 Å². The van der Waals surface area contributed by atoms with Crippen molar-refractivity contribution < 1.29 is 0 Å². The number of fused-ring (bicyclic) bond motifs is 3. The third-order valence-electron chi connectivity index (χ3n) is 4.93. The van der Waals surface area contributed by atoms with E-state index in [4.69, 9.17) is 0 Å². The zero-order valence-corrected chi connectivity index (χ0v) is 13.0. The first-order chi connectivity index (χ1) is 9.72. The molecule has 1 heterocycles. The summed E-state index contributed by atoms with van der Waals surface area (Å²) in [5, 5.41) is 3.61. The zero-order valence-electron chi connectivity index (χ0n) is 12.2. The van der Waals surface area contributed by atoms with E-state index in [1.807, 2.05) is 11.3 Å². The Kier molecular flexibility index (Phi) is 2.97. The second kappa shape index (κ2) is 4.71. The fourth-order valence-corrected chi connectivity index (χ4v) is 4.92. The Morgan fingerprint density at radius 3 is 2.85 bits per heavy atom. The highest BCUT2D eigenvalue weighted by Gasteiger charge is 2.39. The summed E-state index contributed by atoms with van der Waals surface area (Å²) in [6.45, 7) is 1.14. The number of likely N-dealkylation sites (N-methyl/N-ethyl adjacent to an activating group) is 1. The van der Waals surface area contributed by atoms with Crippen LogP contribution in [-0.4, -0.2) is 25.5 Å². The van der Waals surface area contributed by atoms with Crippen LogP contribution in [0.5, 0.6) is 0 Å². The van der Waals surface area contributed by atoms with Crippen molar-refractivity contribution >= 4 is 27.0 Å². The minimum absolute atomic E-state index is 0.825. The predicted octanol–water partition coefficient (Wildman–Crippen LogP) is 4.65. The molecule has 1 aromatic carbocycles. The summed E-state index contributed by atoms with van der Waals surface area (Å²) in [6, 6.07) is 9.33. The highest BCUT2D eigenvalue weighted by atomic mass is 32.1. The molecule has 2 atom stereocenters. The van der Waals surface area contributed by atoms with E-state index < -0.39 is 0 Å². The molecule has 104 valence electrons. The van der Waals surface area contributed by atoms with Gasteiger partial charge in [0, 0.05) is 11.2 Å². The molecule has 4 rings (SSSR count). The Balaban J connectivity index is 1.82. The van der Waals surface area contributed by atoms with Crippen molar-refractivity contribution in [1.29, 1.82) is 0 Å². The predicted molar refractivity (Wildman–Crippen MR) is 88.1 cm³/mol. The quantitative estimate of drug-likeness (QED) is 0.792. The topological polar surface area (TPSA) is 3.24 Å². The maximum absolute atomic E-state index is 2.41. The van der Waals surface area contributed by atoms with Gasteiger partial charge in [-0.25, -0.2) is 0 Å². The molecule has 0 amide bonds. The molecule has 0 aliphatic heterocycles. The lowest BCUT2D eigenvalue weighted by Crippen LogP contribution is -2.19. The van der Waals surface area contributed by atoms with Gasteiger partial charge in [0.25, 0.3) is 0 Å². The Labute approximate surface area is 124 Å². The molecular formula is C18H21NS. The molecule has 1 saturated carbocycles. The van der Waals surface area contributed by atoms with Crippen LogP contribution in [-0.2, 0) is 0 Å². The summed E-state index contributed by atoms with van der Waals surface area (Å²) >= 11 is 1.84. The van der Waals surface area contributed by atoms with E-state index in [0.29, 0.717) is 0 Å². The van der Waals surface area contributed by atoms with Gasteiger partial charge >= 0.3 is 0 Å². The van der Waals surface area contributed by atoms with Crippen molar-refractivity contribution in [3.63, 3.8) is 0 Å². The van der Waals surface area contributed by atoms with Crippen molar-refractivity contribution in [1.82, 2.24) is 4.90 Å². The first-order valence-corrected chi connectivity index (χ1v) is 8.45. The molecule has 2 heteroatoms. The first kappa shape index (κ1) is 12.6. The molecule has 0 radical (unpaired) electrons. The standard InChI is InChI=1S/C18H21NS/c1-19(2)11-16-12-3-4-14(9-12)18(16)15-5-6-17-13(10-15)7-8-20-17/h5-8,10,12,14H,3-4,9,11H2,1-2H3/t12-,14+/m1/s1. The van der Waals surface area contributed by atoms with Crippen molar-refractivity contribution in [2.45, 2.75) is 19.3 Å². The third kappa shape index (κ3) is 1.94. The molecule has 2 aliphatic rings. The maximum Gasteiger partial charge on any atom is 0.0343 e. The highest BCUT2D eigenvalue weighted by molar-refractivity contribution is 7.17. The second-order valence-corrected chi connectivity index (χ2v) is 7.50. The molecule has 1 fully saturated rings. The Morgan fingerprint density at radius 1 is 1.15 bits per heavy atom. The monoisotopic (exact) mass is 283 g/mol. The number of hydrogen-bond acceptors (Lipinski definition) is 2. The molecular weight excluding hydrogens is 262 g/mol. The van der Waals surface area contributed by atoms with Gasteiger partial charge in [0.2, 0.25) is 0 Å². The van der Waals surface area contributed by atoms with E-state index in [9.17, 15) is 0 Å². The van der Waals surface area contributed by atoms with Crippen molar-refractivity contribution in [2.24, 2.45) is 11.8 Å². The number of benzene rings is 1. The summed E-state index contributed by atoms with van der Waals surface area (Å²) in [5.41, 5.74) is 4.89. The number of thiophene rings is 1. The highest BCUT2D eigenvalue weighted by Crippen LogP contribution is 2.52. The number of hydrogen-bond donors (Lipinski definition) is 0. The summed E-state index contributed by atoms with van der Waals surface area (Å²) in [5.74, 6) is 1.68. The van der Waals surface area contributed by atoms with E-state index >= 15 is 0 Å². The molecule has 0 saturated heterocycles. The summed E-state index contributed by atoms with van der Waals surface area (Å²) in [4.78, 5) is 2.33. The fourth-order valence-electron chi connectivity index (χ4n) is 4.15. The average molecular weight is 283 g/mol. The SMILES string of the molecule is CN(C)CC1=C(c2ccc3sccc3c2)[C@H]2CC[C@@H]1C2. The summed E-state index contributed by atoms with van der Waals surface area (Å²) in [6.07, 6.45) is 4.22. The van der Waals surface area contributed by atoms with Gasteiger partial charge in [-0.2, -0.15) is 0 Å². The fraction of sp³-hybridized carbons (Fsp3) is 0.444. The van der Waals surface area contributed by atoms with E-state index in [1.54, 1.807) is 11.1 Å². The van der Waals surface area contributed by atoms with Gasteiger partial charge in [0.05, 0.1) is 0 Å². The van der Waals surface area contributed by atoms with Gasteiger partial charge < -0.3 is 4.90 Å². The van der Waals surface area contributed by atoms with Crippen molar-refractivity contribution in [3.8, 4) is 0 Å². The molecule has 20 heavy (non-hydrogen) atoms. The second-order valence-electron chi connectivity index (χ2n) is 6.56. The van der Waals surface area contributed by atoms with Crippen molar-refractivity contribution in [2.75, 3.05) is 20.6 Å². The molecule has 1 nitrogen and oxygen atoms in total. The smallest absolute Gasteiger partial charge is 0.0343 e. The van der Waals surface area contributed by atoms with Crippen molar-refractivity contribution in [3.05, 3.63) is 40.8 Å². The molecule has 0 spiro atoms. The van der Waals surface area contributed by atoms with Crippen LogP contribution >= 0.6 is 11.3 Å². The van der Waals surface area contributed by atoms with Crippen LogP contribution in [0.4, 0.5) is 0 Å². The molecule has 2 aliphatic carbocycles. The zero-order chi connectivity index (χ0) is 13.7. The van der Waals surface area contributed by atoms with Crippen LogP contribution in [0.3, 0.4) is 0 Å². The van der Waals surface area contributed by atoms with Crippen LogP contribution in [0.2, 0.25) is 0 Å². The number of nitrogens with zero attached hydrogens (tertiary/aromatic N) is 1. The molecule has 0 unspecified atom stereocenters. The third-order valence-corrected chi connectivity index (χ3v) is 5.83. The van der Waals surface area contributed by atoms with Gasteiger partial charge in [0.15, 0.2) is 0 Å². The number of rotatable bonds is 3. The van der Waals surface area contributed by atoms with Gasteiger partial charge in [0.1, 0.15) is 0 Å². The maximum atomic E-state index is 2.41. The lowest BCUT2D eigenvalue weighted by molar-refractivity contribution is 0.423. The van der Waals surface area contributed by atoms with Gasteiger partial charge in [-0.1, -0.05) is 6.07 Å². The summed E-state index contributed by atoms with van der Waals surface area (Å²) in [7, 11) is 4.39. The Morgan fingerprint density at radius 2 is 2.00 bits per heavy atom. The molecule has 2 bridgehead atoms. The molecule has 0 N–H and O–H groups in total. The van der Waals surface area contributed by atoms with Crippen LogP contribution in [0.25, 0.3) is 15.7 Å². The average Bonchev–Trinajstić information content (AvgIpc) is 3.12. The van der Waals surface area contributed by atoms with E-state index in [2.05, 4.69) is 48.6 Å². The lowest BCUT2D eigenvalue weighted by Gasteiger charge is -2.23. The first-order valence-electron chi connectivity index (χ1n) is 7.57. The minimum Gasteiger partial charge on any atom is -0.305 e. The van der Waals surface area contributed by atoms with Crippen LogP contribution < -0.4 is 0 Å². The van der Waals surface area contributed by atoms with Crippen LogP contribution in [0, 0.1) is 11.8 Å². The largest absolute Gasteiger partial charge is 0.305 e. The van der Waals surface area contributed by atoms with Gasteiger partial charge in [-0.05, 0) is 90.9 Å². The molecule has 2 aromatic rings. The van der Waals surface area contributed by atoms with E-state index in [1.165, 1.54) is 34.9 Å². The number of allylic oxidation sites excluding steroid dienone is 1. The van der Waals surface area contributed by atoms with Gasteiger partial charge in [-0.15, -0.1) is 11.3 Å². The van der Waals surface area contributed by atoms with Crippen LogP contribution in [0.15, 0.2) is 35.2 Å². The van der Waals surface area contributed by atoms with E-state index in [-0.39, 0.29) is 0 Å². The molecule has 1 aromatic heterocycles. The summed E-state index contributed by atoms with van der Waals surface area (Å²) < 4.78 is 1.41. The lowest BCUT2D eigenvalue weighted by atomic mass is 9.87. The minimum atomic E-state index is 0.825. The van der Waals surface area contributed by atoms with E-state index in [0.717, 1.165) is 18.4 Å². The van der Waals surface area contributed by atoms with Crippen LogP contribution in [0.1, 0.15) is 24.8 Å². The Hall–Kier alpha value is -1.12.